The second-order valence-electron chi connectivity index (χ2n) is 8.08. The summed E-state index contributed by atoms with van der Waals surface area (Å²) in [7, 11) is 1.64. The number of hydrogen-bond donors (Lipinski definition) is 1. The molecule has 4 rings (SSSR count). The van der Waals surface area contributed by atoms with Gasteiger partial charge in [-0.2, -0.15) is 0 Å². The number of amides is 3. The number of ether oxygens (including phenoxy) is 1. The number of methoxy groups -OCH3 is 1. The standard InChI is InChI=1S/C24H29N3O3/c1-30-22-12-4-7-18(15-22)17-26-13-6-14-27(24(26)29)21-11-5-10-20(16-21)25-23(28)19-8-2-3-9-19/h4-5,7,10-12,15-16,19H,2-3,6,8-9,13-14,17H2,1H3,(H,25,28). The Hall–Kier alpha value is -3.02. The van der Waals surface area contributed by atoms with Crippen LogP contribution < -0.4 is 15.0 Å². The third-order valence-corrected chi connectivity index (χ3v) is 5.97. The summed E-state index contributed by atoms with van der Waals surface area (Å²) in [6.07, 6.45) is 5.09. The Balaban J connectivity index is 1.45. The number of carbonyl (C=O) groups is 2. The molecule has 2 aliphatic rings. The molecule has 1 saturated heterocycles. The molecule has 2 aromatic rings. The van der Waals surface area contributed by atoms with Crippen LogP contribution in [0.25, 0.3) is 0 Å². The molecule has 158 valence electrons. The van der Waals surface area contributed by atoms with Gasteiger partial charge in [-0.3, -0.25) is 9.69 Å². The molecule has 1 aliphatic heterocycles. The van der Waals surface area contributed by atoms with Crippen LogP contribution in [0.3, 0.4) is 0 Å². The fraction of sp³-hybridized carbons (Fsp3) is 0.417. The van der Waals surface area contributed by atoms with E-state index in [1.54, 1.807) is 12.0 Å². The minimum atomic E-state index is -0.0108. The highest BCUT2D eigenvalue weighted by Crippen LogP contribution is 2.28. The van der Waals surface area contributed by atoms with Gasteiger partial charge in [0, 0.05) is 36.9 Å². The number of benzene rings is 2. The Morgan fingerprint density at radius 1 is 1.07 bits per heavy atom. The molecule has 1 N–H and O–H groups in total. The Labute approximate surface area is 177 Å². The lowest BCUT2D eigenvalue weighted by molar-refractivity contribution is -0.119. The number of rotatable bonds is 6. The van der Waals surface area contributed by atoms with Crippen LogP contribution in [0.15, 0.2) is 48.5 Å². The molecular weight excluding hydrogens is 378 g/mol. The van der Waals surface area contributed by atoms with Gasteiger partial charge >= 0.3 is 6.03 Å². The molecule has 30 heavy (non-hydrogen) atoms. The third kappa shape index (κ3) is 4.58. The van der Waals surface area contributed by atoms with Crippen molar-refractivity contribution in [3.63, 3.8) is 0 Å². The van der Waals surface area contributed by atoms with E-state index in [2.05, 4.69) is 5.32 Å². The first-order valence-corrected chi connectivity index (χ1v) is 10.7. The fourth-order valence-corrected chi connectivity index (χ4v) is 4.34. The average molecular weight is 408 g/mol. The Kier molecular flexibility index (Phi) is 6.21. The van der Waals surface area contributed by atoms with Gasteiger partial charge in [0.25, 0.3) is 0 Å². The van der Waals surface area contributed by atoms with Crippen LogP contribution in [0, 0.1) is 5.92 Å². The molecule has 1 aliphatic carbocycles. The molecule has 0 bridgehead atoms. The van der Waals surface area contributed by atoms with Crippen LogP contribution in [-0.4, -0.2) is 37.0 Å². The zero-order valence-corrected chi connectivity index (χ0v) is 17.5. The highest BCUT2D eigenvalue weighted by Gasteiger charge is 2.27. The van der Waals surface area contributed by atoms with Gasteiger partial charge in [-0.1, -0.05) is 31.0 Å². The topological polar surface area (TPSA) is 61.9 Å². The minimum absolute atomic E-state index is 0.0108. The predicted octanol–water partition coefficient (Wildman–Crippen LogP) is 4.66. The highest BCUT2D eigenvalue weighted by molar-refractivity contribution is 5.96. The molecule has 6 heteroatoms. The molecule has 2 fully saturated rings. The van der Waals surface area contributed by atoms with Crippen molar-refractivity contribution < 1.29 is 14.3 Å². The van der Waals surface area contributed by atoms with Crippen molar-refractivity contribution in [2.24, 2.45) is 5.92 Å². The van der Waals surface area contributed by atoms with Crippen LogP contribution in [0.4, 0.5) is 16.2 Å². The molecule has 3 amide bonds. The van der Waals surface area contributed by atoms with E-state index in [1.165, 1.54) is 0 Å². The summed E-state index contributed by atoms with van der Waals surface area (Å²) in [4.78, 5) is 29.3. The quantitative estimate of drug-likeness (QED) is 0.758. The lowest BCUT2D eigenvalue weighted by atomic mass is 10.1. The van der Waals surface area contributed by atoms with E-state index < -0.39 is 0 Å². The van der Waals surface area contributed by atoms with E-state index in [0.717, 1.165) is 61.3 Å². The van der Waals surface area contributed by atoms with Crippen molar-refractivity contribution in [2.75, 3.05) is 30.4 Å². The maximum Gasteiger partial charge on any atom is 0.324 e. The van der Waals surface area contributed by atoms with Crippen LogP contribution >= 0.6 is 0 Å². The highest BCUT2D eigenvalue weighted by atomic mass is 16.5. The van der Waals surface area contributed by atoms with Crippen molar-refractivity contribution in [1.82, 2.24) is 4.90 Å². The number of nitrogens with zero attached hydrogens (tertiary/aromatic N) is 2. The zero-order valence-electron chi connectivity index (χ0n) is 17.5. The number of anilines is 2. The maximum atomic E-state index is 13.2. The molecule has 0 radical (unpaired) electrons. The lowest BCUT2D eigenvalue weighted by Crippen LogP contribution is -2.49. The summed E-state index contributed by atoms with van der Waals surface area (Å²) in [6, 6.07) is 15.4. The molecule has 1 saturated carbocycles. The van der Waals surface area contributed by atoms with E-state index in [4.69, 9.17) is 4.74 Å². The Morgan fingerprint density at radius 3 is 2.67 bits per heavy atom. The van der Waals surface area contributed by atoms with Gasteiger partial charge < -0.3 is 15.0 Å². The second kappa shape index (κ2) is 9.20. The maximum absolute atomic E-state index is 13.2. The van der Waals surface area contributed by atoms with Gasteiger partial charge in [0.05, 0.1) is 7.11 Å². The normalized spacial score (nSPS) is 17.3. The second-order valence-corrected chi connectivity index (χ2v) is 8.08. The lowest BCUT2D eigenvalue weighted by Gasteiger charge is -2.36. The molecule has 0 unspecified atom stereocenters. The number of urea groups is 1. The summed E-state index contributed by atoms with van der Waals surface area (Å²) >= 11 is 0. The fourth-order valence-electron chi connectivity index (χ4n) is 4.34. The molecule has 0 spiro atoms. The monoisotopic (exact) mass is 407 g/mol. The van der Waals surface area contributed by atoms with Crippen molar-refractivity contribution in [3.8, 4) is 5.75 Å². The van der Waals surface area contributed by atoms with Crippen LogP contribution in [-0.2, 0) is 11.3 Å². The summed E-state index contributed by atoms with van der Waals surface area (Å²) in [5.74, 6) is 0.998. The van der Waals surface area contributed by atoms with Crippen molar-refractivity contribution in [1.29, 1.82) is 0 Å². The van der Waals surface area contributed by atoms with Crippen molar-refractivity contribution in [3.05, 3.63) is 54.1 Å². The largest absolute Gasteiger partial charge is 0.497 e. The molecule has 1 heterocycles. The minimum Gasteiger partial charge on any atom is -0.497 e. The summed E-state index contributed by atoms with van der Waals surface area (Å²) in [5, 5.41) is 3.04. The molecule has 6 nitrogen and oxygen atoms in total. The van der Waals surface area contributed by atoms with Gasteiger partial charge in [-0.05, 0) is 55.2 Å². The Bertz CT molecular complexity index is 908. The van der Waals surface area contributed by atoms with E-state index in [9.17, 15) is 9.59 Å². The van der Waals surface area contributed by atoms with Gasteiger partial charge in [-0.25, -0.2) is 4.79 Å². The SMILES string of the molecule is COc1cccc(CN2CCCN(c3cccc(NC(=O)C4CCCC4)c3)C2=O)c1. The van der Waals surface area contributed by atoms with Crippen molar-refractivity contribution in [2.45, 2.75) is 38.6 Å². The number of nitrogens with one attached hydrogen (secondary N) is 1. The summed E-state index contributed by atoms with van der Waals surface area (Å²) < 4.78 is 5.29. The first-order valence-electron chi connectivity index (χ1n) is 10.7. The average Bonchev–Trinajstić information content (AvgIpc) is 3.31. The van der Waals surface area contributed by atoms with Crippen LogP contribution in [0.1, 0.15) is 37.7 Å². The van der Waals surface area contributed by atoms with E-state index in [1.807, 2.05) is 53.4 Å². The van der Waals surface area contributed by atoms with Crippen LogP contribution in [0.2, 0.25) is 0 Å². The van der Waals surface area contributed by atoms with Gasteiger partial charge in [-0.15, -0.1) is 0 Å². The number of carbonyl (C=O) groups excluding carboxylic acids is 2. The molecular formula is C24H29N3O3. The summed E-state index contributed by atoms with van der Waals surface area (Å²) in [6.45, 7) is 1.95. The summed E-state index contributed by atoms with van der Waals surface area (Å²) in [5.41, 5.74) is 2.61. The molecule has 0 atom stereocenters. The smallest absolute Gasteiger partial charge is 0.324 e. The van der Waals surface area contributed by atoms with Crippen LogP contribution in [0.5, 0.6) is 5.75 Å². The Morgan fingerprint density at radius 2 is 1.87 bits per heavy atom. The van der Waals surface area contributed by atoms with E-state index in [-0.39, 0.29) is 17.9 Å². The third-order valence-electron chi connectivity index (χ3n) is 5.97. The van der Waals surface area contributed by atoms with Crippen molar-refractivity contribution >= 4 is 23.3 Å². The van der Waals surface area contributed by atoms with Gasteiger partial charge in [0.2, 0.25) is 5.91 Å². The first kappa shape index (κ1) is 20.3. The predicted molar refractivity (Wildman–Crippen MR) is 118 cm³/mol. The zero-order chi connectivity index (χ0) is 20.9. The van der Waals surface area contributed by atoms with Gasteiger partial charge in [0.1, 0.15) is 5.75 Å². The van der Waals surface area contributed by atoms with Gasteiger partial charge in [0.15, 0.2) is 0 Å². The van der Waals surface area contributed by atoms with E-state index >= 15 is 0 Å². The molecule has 0 aromatic heterocycles. The van der Waals surface area contributed by atoms with E-state index in [0.29, 0.717) is 13.1 Å². The first-order chi connectivity index (χ1) is 14.6. The number of hydrogen-bond acceptors (Lipinski definition) is 3. The molecule has 2 aromatic carbocycles.